The Balaban J connectivity index is 0.00000289. The first-order valence-electron chi connectivity index (χ1n) is 10.9. The fraction of sp³-hybridized carbons (Fsp3) is 0.360. The van der Waals surface area contributed by atoms with E-state index in [9.17, 15) is 10.1 Å². The Morgan fingerprint density at radius 2 is 2.00 bits per heavy atom. The lowest BCUT2D eigenvalue weighted by atomic mass is 9.92. The standard InChI is InChI=1S/C25H27N3O3.H2/c1-3-14-31-25(29)27-18-10-8-17(9-11-18)24-22(16-26)21-13-12-20(30-4-2)15-23(21)28(24)19-6-5-7-19;/h8-13,15,19H,3-7,14H2,1-2H3,(H,27,29);1H. The second-order valence-corrected chi connectivity index (χ2v) is 7.74. The molecule has 2 aromatic carbocycles. The Kier molecular flexibility index (Phi) is 6.13. The average Bonchev–Trinajstić information content (AvgIpc) is 3.05. The fourth-order valence-corrected chi connectivity index (χ4v) is 4.03. The molecule has 1 aliphatic carbocycles. The summed E-state index contributed by atoms with van der Waals surface area (Å²) in [5.74, 6) is 0.814. The van der Waals surface area contributed by atoms with E-state index in [1.807, 2.05) is 56.3 Å². The fourth-order valence-electron chi connectivity index (χ4n) is 4.03. The molecule has 162 valence electrons. The largest absolute Gasteiger partial charge is 0.494 e. The Bertz CT molecular complexity index is 1130. The van der Waals surface area contributed by atoms with Crippen LogP contribution in [-0.4, -0.2) is 23.9 Å². The lowest BCUT2D eigenvalue weighted by molar-refractivity contribution is 0.161. The molecule has 0 atom stereocenters. The molecule has 1 amide bonds. The molecular formula is C25H29N3O3. The highest BCUT2D eigenvalue weighted by atomic mass is 16.5. The number of amides is 1. The number of benzene rings is 2. The van der Waals surface area contributed by atoms with Gasteiger partial charge in [0.1, 0.15) is 11.8 Å². The van der Waals surface area contributed by atoms with Gasteiger partial charge in [-0.1, -0.05) is 19.1 Å². The molecule has 31 heavy (non-hydrogen) atoms. The number of carbonyl (C=O) groups excluding carboxylic acids is 1. The van der Waals surface area contributed by atoms with Crippen LogP contribution in [-0.2, 0) is 4.74 Å². The number of ether oxygens (including phenoxy) is 2. The van der Waals surface area contributed by atoms with E-state index in [4.69, 9.17) is 9.47 Å². The number of nitriles is 1. The number of nitrogens with zero attached hydrogens (tertiary/aromatic N) is 2. The van der Waals surface area contributed by atoms with Crippen LogP contribution >= 0.6 is 0 Å². The number of carbonyl (C=O) groups is 1. The number of anilines is 1. The maximum atomic E-state index is 11.8. The molecule has 1 heterocycles. The van der Waals surface area contributed by atoms with Gasteiger partial charge in [0.25, 0.3) is 0 Å². The number of nitrogens with one attached hydrogen (secondary N) is 1. The smallest absolute Gasteiger partial charge is 0.411 e. The van der Waals surface area contributed by atoms with E-state index in [1.165, 1.54) is 6.42 Å². The maximum Gasteiger partial charge on any atom is 0.411 e. The quantitative estimate of drug-likeness (QED) is 0.474. The van der Waals surface area contributed by atoms with Gasteiger partial charge in [-0.05, 0) is 62.4 Å². The van der Waals surface area contributed by atoms with E-state index in [0.29, 0.717) is 30.5 Å². The van der Waals surface area contributed by atoms with Crippen molar-refractivity contribution >= 4 is 22.7 Å². The van der Waals surface area contributed by atoms with E-state index >= 15 is 0 Å². The molecule has 1 aliphatic rings. The Labute approximate surface area is 183 Å². The lowest BCUT2D eigenvalue weighted by Crippen LogP contribution is -2.18. The number of aromatic nitrogens is 1. The number of hydrogen-bond donors (Lipinski definition) is 1. The third-order valence-corrected chi connectivity index (χ3v) is 5.68. The molecule has 0 unspecified atom stereocenters. The maximum absolute atomic E-state index is 11.8. The van der Waals surface area contributed by atoms with Crippen molar-refractivity contribution < 1.29 is 15.7 Å². The van der Waals surface area contributed by atoms with Gasteiger partial charge in [-0.3, -0.25) is 5.32 Å². The SMILES string of the molecule is CCCOC(=O)Nc1ccc(-c2c(C#N)c3ccc(OCC)cc3n2C2CCC2)cc1.[HH]. The van der Waals surface area contributed by atoms with Crippen LogP contribution in [0.25, 0.3) is 22.2 Å². The van der Waals surface area contributed by atoms with Crippen LogP contribution in [0.2, 0.25) is 0 Å². The van der Waals surface area contributed by atoms with Crippen molar-refractivity contribution in [2.75, 3.05) is 18.5 Å². The highest BCUT2D eigenvalue weighted by Crippen LogP contribution is 2.43. The zero-order valence-corrected chi connectivity index (χ0v) is 18.0. The van der Waals surface area contributed by atoms with E-state index in [0.717, 1.165) is 47.2 Å². The molecule has 0 spiro atoms. The highest BCUT2D eigenvalue weighted by Gasteiger charge is 2.28. The molecular weight excluding hydrogens is 390 g/mol. The summed E-state index contributed by atoms with van der Waals surface area (Å²) in [4.78, 5) is 11.8. The summed E-state index contributed by atoms with van der Waals surface area (Å²) < 4.78 is 13.1. The molecule has 1 fully saturated rings. The predicted octanol–water partition coefficient (Wildman–Crippen LogP) is 6.51. The summed E-state index contributed by atoms with van der Waals surface area (Å²) in [5, 5.41) is 13.7. The van der Waals surface area contributed by atoms with Crippen LogP contribution in [0.1, 0.15) is 52.6 Å². The number of rotatable bonds is 7. The second-order valence-electron chi connectivity index (χ2n) is 7.74. The van der Waals surface area contributed by atoms with Gasteiger partial charge in [-0.2, -0.15) is 5.26 Å². The van der Waals surface area contributed by atoms with Gasteiger partial charge >= 0.3 is 6.09 Å². The van der Waals surface area contributed by atoms with Crippen LogP contribution in [0.15, 0.2) is 42.5 Å². The minimum atomic E-state index is -0.459. The Morgan fingerprint density at radius 1 is 1.23 bits per heavy atom. The molecule has 0 saturated heterocycles. The van der Waals surface area contributed by atoms with E-state index < -0.39 is 6.09 Å². The molecule has 1 N–H and O–H groups in total. The monoisotopic (exact) mass is 419 g/mol. The number of fused-ring (bicyclic) bond motifs is 1. The van der Waals surface area contributed by atoms with Crippen molar-refractivity contribution in [3.05, 3.63) is 48.0 Å². The zero-order chi connectivity index (χ0) is 21.8. The van der Waals surface area contributed by atoms with Gasteiger partial charge < -0.3 is 14.0 Å². The van der Waals surface area contributed by atoms with Crippen LogP contribution in [0.4, 0.5) is 10.5 Å². The Hall–Kier alpha value is -3.46. The van der Waals surface area contributed by atoms with Crippen molar-refractivity contribution in [3.8, 4) is 23.1 Å². The molecule has 6 nitrogen and oxygen atoms in total. The van der Waals surface area contributed by atoms with Crippen LogP contribution < -0.4 is 10.1 Å². The van der Waals surface area contributed by atoms with Crippen molar-refractivity contribution in [2.24, 2.45) is 0 Å². The van der Waals surface area contributed by atoms with Gasteiger partial charge in [0.05, 0.1) is 30.0 Å². The van der Waals surface area contributed by atoms with Gasteiger partial charge in [-0.15, -0.1) is 0 Å². The normalized spacial score (nSPS) is 13.5. The van der Waals surface area contributed by atoms with E-state index in [-0.39, 0.29) is 1.43 Å². The first-order chi connectivity index (χ1) is 15.2. The predicted molar refractivity (Wildman–Crippen MR) is 124 cm³/mol. The molecule has 1 saturated carbocycles. The molecule has 6 heteroatoms. The molecule has 0 bridgehead atoms. The van der Waals surface area contributed by atoms with Crippen LogP contribution in [0.5, 0.6) is 5.75 Å². The Morgan fingerprint density at radius 3 is 2.61 bits per heavy atom. The average molecular weight is 420 g/mol. The van der Waals surface area contributed by atoms with Crippen molar-refractivity contribution in [3.63, 3.8) is 0 Å². The summed E-state index contributed by atoms with van der Waals surface area (Å²) in [6.07, 6.45) is 3.71. The molecule has 3 aromatic rings. The topological polar surface area (TPSA) is 76.3 Å². The highest BCUT2D eigenvalue weighted by molar-refractivity contribution is 5.96. The zero-order valence-electron chi connectivity index (χ0n) is 18.0. The van der Waals surface area contributed by atoms with E-state index in [1.54, 1.807) is 0 Å². The minimum Gasteiger partial charge on any atom is -0.494 e. The number of hydrogen-bond acceptors (Lipinski definition) is 4. The molecule has 4 rings (SSSR count). The third-order valence-electron chi connectivity index (χ3n) is 5.68. The summed E-state index contributed by atoms with van der Waals surface area (Å²) in [7, 11) is 0. The first-order valence-corrected chi connectivity index (χ1v) is 10.9. The second kappa shape index (κ2) is 9.13. The molecule has 1 aromatic heterocycles. The van der Waals surface area contributed by atoms with Crippen molar-refractivity contribution in [1.29, 1.82) is 5.26 Å². The first kappa shape index (κ1) is 20.8. The lowest BCUT2D eigenvalue weighted by Gasteiger charge is -2.30. The third kappa shape index (κ3) is 4.09. The summed E-state index contributed by atoms with van der Waals surface area (Å²) in [5.41, 5.74) is 4.25. The summed E-state index contributed by atoms with van der Waals surface area (Å²) in [6, 6.07) is 16.3. The van der Waals surface area contributed by atoms with Gasteiger partial charge in [0.2, 0.25) is 0 Å². The molecule has 0 aliphatic heterocycles. The van der Waals surface area contributed by atoms with Crippen molar-refractivity contribution in [1.82, 2.24) is 4.57 Å². The van der Waals surface area contributed by atoms with Crippen molar-refractivity contribution in [2.45, 2.75) is 45.6 Å². The van der Waals surface area contributed by atoms with Crippen LogP contribution in [0.3, 0.4) is 0 Å². The minimum absolute atomic E-state index is 0. The van der Waals surface area contributed by atoms with Gasteiger partial charge in [0.15, 0.2) is 0 Å². The molecule has 0 radical (unpaired) electrons. The summed E-state index contributed by atoms with van der Waals surface area (Å²) >= 11 is 0. The summed E-state index contributed by atoms with van der Waals surface area (Å²) in [6.45, 7) is 4.91. The van der Waals surface area contributed by atoms with Crippen LogP contribution in [0, 0.1) is 11.3 Å². The van der Waals surface area contributed by atoms with Gasteiger partial charge in [0, 0.05) is 24.6 Å². The van der Waals surface area contributed by atoms with Gasteiger partial charge in [-0.25, -0.2) is 4.79 Å². The van der Waals surface area contributed by atoms with E-state index in [2.05, 4.69) is 16.0 Å².